The minimum atomic E-state index is -1.48. The quantitative estimate of drug-likeness (QED) is 0.463. The number of aryl methyl sites for hydroxylation is 1. The van der Waals surface area contributed by atoms with Crippen LogP contribution in [-0.4, -0.2) is 38.7 Å². The number of carboxylic acids is 1. The highest BCUT2D eigenvalue weighted by atomic mass is 16.5. The van der Waals surface area contributed by atoms with Crippen molar-refractivity contribution < 1.29 is 24.9 Å². The Labute approximate surface area is 162 Å². The Morgan fingerprint density at radius 3 is 2.46 bits per heavy atom. The lowest BCUT2D eigenvalue weighted by Gasteiger charge is -2.16. The molecule has 0 aliphatic heterocycles. The highest BCUT2D eigenvalue weighted by molar-refractivity contribution is 5.92. The van der Waals surface area contributed by atoms with Crippen LogP contribution in [0, 0.1) is 13.8 Å². The van der Waals surface area contributed by atoms with E-state index in [0.717, 1.165) is 22.3 Å². The Morgan fingerprint density at radius 2 is 1.86 bits per heavy atom. The van der Waals surface area contributed by atoms with Gasteiger partial charge in [-0.25, -0.2) is 4.79 Å². The monoisotopic (exact) mass is 384 g/mol. The molecule has 2 unspecified atom stereocenters. The molecule has 0 bridgehead atoms. The van der Waals surface area contributed by atoms with E-state index < -0.39 is 24.9 Å². The molecule has 0 aliphatic rings. The smallest absolute Gasteiger partial charge is 0.341 e. The van der Waals surface area contributed by atoms with Crippen LogP contribution in [0.4, 0.5) is 0 Å². The summed E-state index contributed by atoms with van der Waals surface area (Å²) in [6.45, 7) is 3.75. The van der Waals surface area contributed by atoms with E-state index in [0.29, 0.717) is 23.2 Å². The van der Waals surface area contributed by atoms with Crippen molar-refractivity contribution in [3.63, 3.8) is 0 Å². The molecule has 0 saturated heterocycles. The van der Waals surface area contributed by atoms with Crippen LogP contribution in [0.3, 0.4) is 0 Å². The van der Waals surface area contributed by atoms with E-state index in [1.54, 1.807) is 6.07 Å². The van der Waals surface area contributed by atoms with Gasteiger partial charge in [-0.3, -0.25) is 0 Å². The van der Waals surface area contributed by atoms with E-state index in [9.17, 15) is 15.0 Å². The third-order valence-electron chi connectivity index (χ3n) is 4.73. The number of nitrogens with two attached hydrogens (primary N) is 1. The standard InChI is InChI=1S/C21H24N2O5/c1-12-8-15-19(16(9-12)28-11-17(24)25)18(20(26)21(22)27)13(2)23(15)10-14-6-4-3-5-7-14/h3-9,20-21,26-27H,10-11,22H2,1-2H3,(H,24,25). The number of hydrogen-bond acceptors (Lipinski definition) is 5. The zero-order valence-corrected chi connectivity index (χ0v) is 15.8. The summed E-state index contributed by atoms with van der Waals surface area (Å²) in [4.78, 5) is 11.0. The molecule has 148 valence electrons. The molecule has 0 aliphatic carbocycles. The number of aliphatic hydroxyl groups excluding tert-OH is 2. The molecule has 2 aromatic carbocycles. The van der Waals surface area contributed by atoms with Gasteiger partial charge in [-0.2, -0.15) is 0 Å². The van der Waals surface area contributed by atoms with E-state index in [-0.39, 0.29) is 0 Å². The fourth-order valence-electron chi connectivity index (χ4n) is 3.48. The Morgan fingerprint density at radius 1 is 1.18 bits per heavy atom. The molecular weight excluding hydrogens is 360 g/mol. The van der Waals surface area contributed by atoms with Crippen molar-refractivity contribution in [3.05, 3.63) is 64.8 Å². The van der Waals surface area contributed by atoms with Crippen LogP contribution in [0.5, 0.6) is 5.75 Å². The summed E-state index contributed by atoms with van der Waals surface area (Å²) in [5.74, 6) is -0.766. The number of aromatic nitrogens is 1. The van der Waals surface area contributed by atoms with Crippen molar-refractivity contribution >= 4 is 16.9 Å². The zero-order chi connectivity index (χ0) is 20.4. The number of nitrogens with zero attached hydrogens (tertiary/aromatic N) is 1. The summed E-state index contributed by atoms with van der Waals surface area (Å²) >= 11 is 0. The third-order valence-corrected chi connectivity index (χ3v) is 4.73. The van der Waals surface area contributed by atoms with Crippen molar-refractivity contribution in [2.75, 3.05) is 6.61 Å². The second-order valence-corrected chi connectivity index (χ2v) is 6.85. The topological polar surface area (TPSA) is 118 Å². The summed E-state index contributed by atoms with van der Waals surface area (Å²) in [6.07, 6.45) is -2.82. The van der Waals surface area contributed by atoms with Crippen molar-refractivity contribution in [2.45, 2.75) is 32.7 Å². The summed E-state index contributed by atoms with van der Waals surface area (Å²) in [5, 5.41) is 29.9. The molecule has 3 rings (SSSR count). The predicted octanol–water partition coefficient (Wildman–Crippen LogP) is 2.08. The fourth-order valence-corrected chi connectivity index (χ4v) is 3.48. The van der Waals surface area contributed by atoms with Gasteiger partial charge in [0.15, 0.2) is 6.61 Å². The van der Waals surface area contributed by atoms with E-state index in [1.807, 2.05) is 54.8 Å². The second-order valence-electron chi connectivity index (χ2n) is 6.85. The molecular formula is C21H24N2O5. The highest BCUT2D eigenvalue weighted by Crippen LogP contribution is 2.39. The van der Waals surface area contributed by atoms with Crippen LogP contribution < -0.4 is 10.5 Å². The second kappa shape index (κ2) is 8.02. The van der Waals surface area contributed by atoms with Gasteiger partial charge < -0.3 is 30.4 Å². The third kappa shape index (κ3) is 3.87. The minimum Gasteiger partial charge on any atom is -0.481 e. The Kier molecular flexibility index (Phi) is 5.69. The molecule has 0 fully saturated rings. The SMILES string of the molecule is Cc1cc(OCC(=O)O)c2c(C(O)C(N)O)c(C)n(Cc3ccccc3)c2c1. The number of hydrogen-bond donors (Lipinski definition) is 4. The van der Waals surface area contributed by atoms with E-state index in [4.69, 9.17) is 15.6 Å². The number of benzene rings is 2. The molecule has 1 aromatic heterocycles. The number of fused-ring (bicyclic) bond motifs is 1. The van der Waals surface area contributed by atoms with Gasteiger partial charge >= 0.3 is 5.97 Å². The maximum atomic E-state index is 11.0. The van der Waals surface area contributed by atoms with Crippen molar-refractivity contribution in [1.29, 1.82) is 0 Å². The van der Waals surface area contributed by atoms with E-state index in [2.05, 4.69) is 0 Å². The van der Waals surface area contributed by atoms with Crippen LogP contribution in [0.2, 0.25) is 0 Å². The molecule has 7 heteroatoms. The van der Waals surface area contributed by atoms with Gasteiger partial charge in [0.2, 0.25) is 0 Å². The predicted molar refractivity (Wildman–Crippen MR) is 105 cm³/mol. The molecule has 28 heavy (non-hydrogen) atoms. The number of rotatable bonds is 7. The molecule has 0 spiro atoms. The van der Waals surface area contributed by atoms with Gasteiger partial charge in [0.05, 0.1) is 5.52 Å². The van der Waals surface area contributed by atoms with E-state index in [1.165, 1.54) is 0 Å². The van der Waals surface area contributed by atoms with Crippen LogP contribution in [-0.2, 0) is 11.3 Å². The largest absolute Gasteiger partial charge is 0.481 e. The zero-order valence-electron chi connectivity index (χ0n) is 15.8. The highest BCUT2D eigenvalue weighted by Gasteiger charge is 2.27. The number of aliphatic hydroxyl groups is 2. The van der Waals surface area contributed by atoms with Gasteiger partial charge in [0.1, 0.15) is 18.1 Å². The summed E-state index contributed by atoms with van der Waals surface area (Å²) < 4.78 is 7.51. The van der Waals surface area contributed by atoms with Crippen molar-refractivity contribution in [3.8, 4) is 5.75 Å². The Hall–Kier alpha value is -2.87. The fraction of sp³-hybridized carbons (Fsp3) is 0.286. The summed E-state index contributed by atoms with van der Waals surface area (Å²) in [6, 6.07) is 13.5. The lowest BCUT2D eigenvalue weighted by Crippen LogP contribution is -2.28. The first kappa shape index (κ1) is 19.9. The molecule has 1 heterocycles. The number of carboxylic acid groups (broad SMARTS) is 1. The first-order valence-corrected chi connectivity index (χ1v) is 8.93. The average molecular weight is 384 g/mol. The van der Waals surface area contributed by atoms with Gasteiger partial charge in [-0.15, -0.1) is 0 Å². The van der Waals surface area contributed by atoms with Crippen LogP contribution in [0.1, 0.15) is 28.5 Å². The lowest BCUT2D eigenvalue weighted by molar-refractivity contribution is -0.139. The van der Waals surface area contributed by atoms with Crippen LogP contribution >= 0.6 is 0 Å². The van der Waals surface area contributed by atoms with Crippen molar-refractivity contribution in [2.24, 2.45) is 5.73 Å². The summed E-state index contributed by atoms with van der Waals surface area (Å²) in [7, 11) is 0. The number of carbonyl (C=O) groups is 1. The first-order valence-electron chi connectivity index (χ1n) is 8.93. The van der Waals surface area contributed by atoms with Crippen LogP contribution in [0.15, 0.2) is 42.5 Å². The number of ether oxygens (including phenoxy) is 1. The molecule has 7 nitrogen and oxygen atoms in total. The Bertz CT molecular complexity index is 995. The summed E-state index contributed by atoms with van der Waals surface area (Å²) in [5.41, 5.74) is 9.43. The van der Waals surface area contributed by atoms with Crippen molar-refractivity contribution in [1.82, 2.24) is 4.57 Å². The minimum absolute atomic E-state index is 0.335. The average Bonchev–Trinajstić information content (AvgIpc) is 2.91. The van der Waals surface area contributed by atoms with Gasteiger partial charge in [-0.1, -0.05) is 30.3 Å². The lowest BCUT2D eigenvalue weighted by atomic mass is 10.0. The maximum absolute atomic E-state index is 11.0. The molecule has 5 N–H and O–H groups in total. The molecule has 3 aromatic rings. The molecule has 0 amide bonds. The van der Waals surface area contributed by atoms with Gasteiger partial charge in [-0.05, 0) is 37.1 Å². The Balaban J connectivity index is 2.25. The maximum Gasteiger partial charge on any atom is 0.341 e. The molecule has 0 saturated carbocycles. The van der Waals surface area contributed by atoms with Gasteiger partial charge in [0, 0.05) is 23.2 Å². The molecule has 0 radical (unpaired) electrons. The van der Waals surface area contributed by atoms with E-state index >= 15 is 0 Å². The molecule has 2 atom stereocenters. The normalized spacial score (nSPS) is 13.5. The van der Waals surface area contributed by atoms with Crippen LogP contribution in [0.25, 0.3) is 10.9 Å². The van der Waals surface area contributed by atoms with Gasteiger partial charge in [0.25, 0.3) is 0 Å². The number of aliphatic carboxylic acids is 1. The first-order chi connectivity index (χ1) is 13.3.